The molecule has 1 aromatic carbocycles. The maximum Gasteiger partial charge on any atom is 0.416 e. The number of aromatic nitrogens is 3. The van der Waals surface area contributed by atoms with Crippen LogP contribution in [0.4, 0.5) is 18.9 Å². The fourth-order valence-electron chi connectivity index (χ4n) is 1.44. The molecule has 0 saturated carbocycles. The number of anilines is 1. The first-order chi connectivity index (χ1) is 8.47. The number of rotatable bonds is 3. The highest BCUT2D eigenvalue weighted by atomic mass is 19.4. The fraction of sp³-hybridized carbons (Fsp3) is 0.273. The highest BCUT2D eigenvalue weighted by Crippen LogP contribution is 2.29. The summed E-state index contributed by atoms with van der Waals surface area (Å²) in [6.07, 6.45) is -2.88. The third-order valence-corrected chi connectivity index (χ3v) is 2.47. The van der Waals surface area contributed by atoms with Crippen molar-refractivity contribution >= 4 is 5.69 Å². The van der Waals surface area contributed by atoms with Gasteiger partial charge in [0.25, 0.3) is 0 Å². The van der Waals surface area contributed by atoms with Crippen molar-refractivity contribution in [3.05, 3.63) is 42.0 Å². The normalized spacial score (nSPS) is 11.6. The second-order valence-corrected chi connectivity index (χ2v) is 3.73. The molecule has 96 valence electrons. The second kappa shape index (κ2) is 4.67. The van der Waals surface area contributed by atoms with E-state index in [1.54, 1.807) is 11.7 Å². The fourth-order valence-corrected chi connectivity index (χ4v) is 1.44. The van der Waals surface area contributed by atoms with Crippen LogP contribution >= 0.6 is 0 Å². The second-order valence-electron chi connectivity index (χ2n) is 3.73. The Morgan fingerprint density at radius 2 is 1.89 bits per heavy atom. The van der Waals surface area contributed by atoms with E-state index >= 15 is 0 Å². The Balaban J connectivity index is 2.01. The molecule has 0 fully saturated rings. The lowest BCUT2D eigenvalue weighted by Gasteiger charge is -2.09. The molecule has 0 aliphatic heterocycles. The summed E-state index contributed by atoms with van der Waals surface area (Å²) < 4.78 is 38.6. The van der Waals surface area contributed by atoms with Crippen LogP contribution in [0.15, 0.2) is 30.6 Å². The third-order valence-electron chi connectivity index (χ3n) is 2.47. The minimum Gasteiger partial charge on any atom is -0.378 e. The molecule has 1 N–H and O–H groups in total. The molecule has 1 heterocycles. The Morgan fingerprint density at radius 1 is 1.22 bits per heavy atom. The van der Waals surface area contributed by atoms with Gasteiger partial charge in [0.1, 0.15) is 12.2 Å². The summed E-state index contributed by atoms with van der Waals surface area (Å²) in [5, 5.41) is 6.87. The number of aryl methyl sites for hydroxylation is 1. The van der Waals surface area contributed by atoms with Crippen LogP contribution in [0.5, 0.6) is 0 Å². The molecular weight excluding hydrogens is 245 g/mol. The number of halogens is 3. The maximum atomic E-state index is 12.3. The number of nitrogens with zero attached hydrogens (tertiary/aromatic N) is 3. The number of nitrogens with one attached hydrogen (secondary N) is 1. The van der Waals surface area contributed by atoms with Gasteiger partial charge in [-0.2, -0.15) is 18.3 Å². The Kier molecular flexibility index (Phi) is 3.22. The molecular formula is C11H11F3N4. The van der Waals surface area contributed by atoms with Crippen molar-refractivity contribution in [3.8, 4) is 0 Å². The van der Waals surface area contributed by atoms with Gasteiger partial charge in [0.05, 0.1) is 12.1 Å². The zero-order valence-corrected chi connectivity index (χ0v) is 9.57. The Bertz CT molecular complexity index is 516. The van der Waals surface area contributed by atoms with Gasteiger partial charge in [-0.15, -0.1) is 0 Å². The summed E-state index contributed by atoms with van der Waals surface area (Å²) in [6.45, 7) is 0.405. The van der Waals surface area contributed by atoms with Gasteiger partial charge in [-0.25, -0.2) is 4.98 Å². The largest absolute Gasteiger partial charge is 0.416 e. The van der Waals surface area contributed by atoms with Gasteiger partial charge in [-0.1, -0.05) is 0 Å². The van der Waals surface area contributed by atoms with Crippen LogP contribution in [0, 0.1) is 0 Å². The summed E-state index contributed by atoms with van der Waals surface area (Å²) in [5.74, 6) is 0.704. The van der Waals surface area contributed by atoms with E-state index in [1.807, 2.05) is 0 Å². The SMILES string of the molecule is Cn1ncnc1CNc1ccc(C(F)(F)F)cc1. The molecule has 18 heavy (non-hydrogen) atoms. The van der Waals surface area contributed by atoms with Gasteiger partial charge < -0.3 is 5.32 Å². The highest BCUT2D eigenvalue weighted by Gasteiger charge is 2.29. The lowest BCUT2D eigenvalue weighted by atomic mass is 10.2. The zero-order chi connectivity index (χ0) is 13.2. The van der Waals surface area contributed by atoms with Gasteiger partial charge in [-0.3, -0.25) is 4.68 Å². The summed E-state index contributed by atoms with van der Waals surface area (Å²) in [4.78, 5) is 4.00. The summed E-state index contributed by atoms with van der Waals surface area (Å²) in [7, 11) is 1.75. The molecule has 2 rings (SSSR count). The van der Waals surface area contributed by atoms with Crippen molar-refractivity contribution in [2.24, 2.45) is 7.05 Å². The number of hydrogen-bond acceptors (Lipinski definition) is 3. The minimum absolute atomic E-state index is 0.405. The Labute approximate surface area is 101 Å². The monoisotopic (exact) mass is 256 g/mol. The van der Waals surface area contributed by atoms with E-state index in [9.17, 15) is 13.2 Å². The minimum atomic E-state index is -4.30. The predicted molar refractivity (Wildman–Crippen MR) is 59.8 cm³/mol. The Hall–Kier alpha value is -2.05. The van der Waals surface area contributed by atoms with E-state index < -0.39 is 11.7 Å². The van der Waals surface area contributed by atoms with Crippen molar-refractivity contribution < 1.29 is 13.2 Å². The van der Waals surface area contributed by atoms with Crippen LogP contribution < -0.4 is 5.32 Å². The van der Waals surface area contributed by atoms with E-state index in [0.29, 0.717) is 18.1 Å². The average Bonchev–Trinajstić information content (AvgIpc) is 2.72. The molecule has 0 unspecified atom stereocenters. The topological polar surface area (TPSA) is 42.7 Å². The molecule has 0 saturated heterocycles. The quantitative estimate of drug-likeness (QED) is 0.917. The maximum absolute atomic E-state index is 12.3. The van der Waals surface area contributed by atoms with E-state index in [1.165, 1.54) is 18.5 Å². The number of hydrogen-bond donors (Lipinski definition) is 1. The van der Waals surface area contributed by atoms with Crippen molar-refractivity contribution in [1.29, 1.82) is 0 Å². The molecule has 2 aromatic rings. The Morgan fingerprint density at radius 3 is 2.39 bits per heavy atom. The highest BCUT2D eigenvalue weighted by molar-refractivity contribution is 5.45. The molecule has 1 aromatic heterocycles. The van der Waals surface area contributed by atoms with Crippen LogP contribution in [0.3, 0.4) is 0 Å². The standard InChI is InChI=1S/C11H11F3N4/c1-18-10(16-7-17-18)6-15-9-4-2-8(3-5-9)11(12,13)14/h2-5,7,15H,6H2,1H3. The predicted octanol–water partition coefficient (Wildman–Crippen LogP) is 2.45. The van der Waals surface area contributed by atoms with Gasteiger partial charge in [0.15, 0.2) is 0 Å². The number of alkyl halides is 3. The van der Waals surface area contributed by atoms with Crippen molar-refractivity contribution in [2.75, 3.05) is 5.32 Å². The van der Waals surface area contributed by atoms with Crippen LogP contribution in [0.2, 0.25) is 0 Å². The lowest BCUT2D eigenvalue weighted by molar-refractivity contribution is -0.137. The molecule has 4 nitrogen and oxygen atoms in total. The van der Waals surface area contributed by atoms with E-state index in [2.05, 4.69) is 15.4 Å². The molecule has 0 bridgehead atoms. The molecule has 0 aliphatic carbocycles. The van der Waals surface area contributed by atoms with Gasteiger partial charge in [0.2, 0.25) is 0 Å². The third kappa shape index (κ3) is 2.79. The van der Waals surface area contributed by atoms with Crippen molar-refractivity contribution in [1.82, 2.24) is 14.8 Å². The average molecular weight is 256 g/mol. The van der Waals surface area contributed by atoms with Crippen LogP contribution in [0.1, 0.15) is 11.4 Å². The summed E-state index contributed by atoms with van der Waals surface area (Å²) in [5.41, 5.74) is -0.0577. The van der Waals surface area contributed by atoms with Gasteiger partial charge >= 0.3 is 6.18 Å². The summed E-state index contributed by atoms with van der Waals surface area (Å²) >= 11 is 0. The molecule has 0 amide bonds. The molecule has 0 spiro atoms. The molecule has 0 atom stereocenters. The van der Waals surface area contributed by atoms with Gasteiger partial charge in [-0.05, 0) is 24.3 Å². The first-order valence-corrected chi connectivity index (χ1v) is 5.21. The first-order valence-electron chi connectivity index (χ1n) is 5.21. The first kappa shape index (κ1) is 12.4. The van der Waals surface area contributed by atoms with E-state index in [0.717, 1.165) is 12.1 Å². The smallest absolute Gasteiger partial charge is 0.378 e. The van der Waals surface area contributed by atoms with Crippen molar-refractivity contribution in [3.63, 3.8) is 0 Å². The van der Waals surface area contributed by atoms with Crippen molar-refractivity contribution in [2.45, 2.75) is 12.7 Å². The summed E-state index contributed by atoms with van der Waals surface area (Å²) in [6, 6.07) is 4.86. The van der Waals surface area contributed by atoms with E-state index in [4.69, 9.17) is 0 Å². The molecule has 7 heteroatoms. The number of benzene rings is 1. The van der Waals surface area contributed by atoms with Crippen LogP contribution in [-0.4, -0.2) is 14.8 Å². The van der Waals surface area contributed by atoms with Crippen LogP contribution in [0.25, 0.3) is 0 Å². The van der Waals surface area contributed by atoms with E-state index in [-0.39, 0.29) is 0 Å². The molecule has 0 aliphatic rings. The van der Waals surface area contributed by atoms with Crippen LogP contribution in [-0.2, 0) is 19.8 Å². The zero-order valence-electron chi connectivity index (χ0n) is 9.57. The lowest BCUT2D eigenvalue weighted by Crippen LogP contribution is -2.08. The van der Waals surface area contributed by atoms with Gasteiger partial charge in [0, 0.05) is 12.7 Å². The molecule has 0 radical (unpaired) electrons.